The molecule has 1 aromatic heterocycles. The summed E-state index contributed by atoms with van der Waals surface area (Å²) >= 11 is 0. The molecule has 1 aliphatic heterocycles. The van der Waals surface area contributed by atoms with Gasteiger partial charge in [-0.05, 0) is 35.9 Å². The molecule has 154 valence electrons. The third kappa shape index (κ3) is 4.31. The van der Waals surface area contributed by atoms with Crippen LogP contribution in [-0.4, -0.2) is 47.0 Å². The van der Waals surface area contributed by atoms with E-state index in [2.05, 4.69) is 5.10 Å². The van der Waals surface area contributed by atoms with Crippen molar-refractivity contribution in [3.63, 3.8) is 0 Å². The number of nitro benzene ring substituents is 1. The summed E-state index contributed by atoms with van der Waals surface area (Å²) in [5.74, 6) is -0.609. The van der Waals surface area contributed by atoms with Crippen molar-refractivity contribution in [2.75, 3.05) is 31.2 Å². The Balaban J connectivity index is 1.44. The van der Waals surface area contributed by atoms with Gasteiger partial charge in [-0.25, -0.2) is 9.48 Å². The number of carbonyl (C=O) groups excluding carboxylic acids is 1. The molecule has 9 nitrogen and oxygen atoms in total. The smallest absolute Gasteiger partial charge is 0.338 e. The van der Waals surface area contributed by atoms with Gasteiger partial charge in [0, 0.05) is 31.5 Å². The largest absolute Gasteiger partial charge is 0.457 e. The summed E-state index contributed by atoms with van der Waals surface area (Å²) < 4.78 is 12.4. The van der Waals surface area contributed by atoms with Crippen LogP contribution in [0, 0.1) is 10.1 Å². The normalized spacial score (nSPS) is 13.8. The monoisotopic (exact) mass is 408 g/mol. The van der Waals surface area contributed by atoms with Gasteiger partial charge in [0.25, 0.3) is 5.69 Å². The first-order chi connectivity index (χ1) is 14.6. The Hall–Kier alpha value is -3.72. The fourth-order valence-corrected chi connectivity index (χ4v) is 3.27. The average Bonchev–Trinajstić information content (AvgIpc) is 3.33. The lowest BCUT2D eigenvalue weighted by Crippen LogP contribution is -2.36. The number of rotatable bonds is 6. The lowest BCUT2D eigenvalue weighted by atomic mass is 10.1. The molecule has 0 radical (unpaired) electrons. The molecule has 2 aromatic carbocycles. The van der Waals surface area contributed by atoms with E-state index < -0.39 is 10.9 Å². The Morgan fingerprint density at radius 3 is 2.60 bits per heavy atom. The van der Waals surface area contributed by atoms with E-state index in [-0.39, 0.29) is 17.9 Å². The van der Waals surface area contributed by atoms with Crippen molar-refractivity contribution in [3.8, 4) is 5.69 Å². The van der Waals surface area contributed by atoms with Gasteiger partial charge in [0.1, 0.15) is 12.3 Å². The first-order valence-corrected chi connectivity index (χ1v) is 9.49. The van der Waals surface area contributed by atoms with Crippen LogP contribution in [-0.2, 0) is 16.1 Å². The molecule has 0 atom stereocenters. The molecule has 0 aliphatic carbocycles. The van der Waals surface area contributed by atoms with Gasteiger partial charge in [-0.1, -0.05) is 12.1 Å². The maximum atomic E-state index is 12.4. The zero-order valence-electron chi connectivity index (χ0n) is 16.1. The minimum absolute atomic E-state index is 0.0667. The van der Waals surface area contributed by atoms with Gasteiger partial charge in [0.15, 0.2) is 0 Å². The number of morpholine rings is 1. The molecular formula is C21H20N4O5. The fourth-order valence-electron chi connectivity index (χ4n) is 3.27. The van der Waals surface area contributed by atoms with E-state index in [1.165, 1.54) is 6.07 Å². The van der Waals surface area contributed by atoms with Crippen molar-refractivity contribution >= 4 is 17.3 Å². The minimum Gasteiger partial charge on any atom is -0.457 e. The summed E-state index contributed by atoms with van der Waals surface area (Å²) in [7, 11) is 0. The third-order valence-corrected chi connectivity index (χ3v) is 4.83. The highest BCUT2D eigenvalue weighted by Gasteiger charge is 2.23. The van der Waals surface area contributed by atoms with E-state index in [0.717, 1.165) is 11.3 Å². The molecule has 0 amide bonds. The number of nitrogens with zero attached hydrogens (tertiary/aromatic N) is 4. The number of aromatic nitrogens is 2. The molecule has 9 heteroatoms. The minimum atomic E-state index is -0.609. The first-order valence-electron chi connectivity index (χ1n) is 9.49. The summed E-state index contributed by atoms with van der Waals surface area (Å²) in [4.78, 5) is 25.4. The topological polar surface area (TPSA) is 99.7 Å². The molecule has 2 heterocycles. The molecule has 0 saturated carbocycles. The number of hydrogen-bond donors (Lipinski definition) is 0. The lowest BCUT2D eigenvalue weighted by molar-refractivity contribution is -0.384. The standard InChI is InChI=1S/C21H20N4O5/c26-21(30-15-16-2-5-18(6-3-16)24-9-1-8-22-24)17-4-7-19(20(14-17)25(27)28)23-10-12-29-13-11-23/h1-9,14H,10-13,15H2. The number of benzene rings is 2. The van der Waals surface area contributed by atoms with Crippen molar-refractivity contribution in [1.29, 1.82) is 0 Å². The average molecular weight is 408 g/mol. The second-order valence-electron chi connectivity index (χ2n) is 6.75. The maximum Gasteiger partial charge on any atom is 0.338 e. The van der Waals surface area contributed by atoms with E-state index in [4.69, 9.17) is 9.47 Å². The van der Waals surface area contributed by atoms with Crippen LogP contribution in [0.4, 0.5) is 11.4 Å². The number of hydrogen-bond acceptors (Lipinski definition) is 7. The van der Waals surface area contributed by atoms with Crippen LogP contribution in [0.1, 0.15) is 15.9 Å². The SMILES string of the molecule is O=C(OCc1ccc(-n2cccn2)cc1)c1ccc(N2CCOCC2)c([N+](=O)[O-])c1. The van der Waals surface area contributed by atoms with Crippen molar-refractivity contribution in [1.82, 2.24) is 9.78 Å². The zero-order valence-corrected chi connectivity index (χ0v) is 16.1. The van der Waals surface area contributed by atoms with Gasteiger partial charge in [0.05, 0.1) is 29.4 Å². The van der Waals surface area contributed by atoms with Crippen molar-refractivity contribution in [2.24, 2.45) is 0 Å². The Morgan fingerprint density at radius 2 is 1.93 bits per heavy atom. The summed E-state index contributed by atoms with van der Waals surface area (Å²) in [6, 6.07) is 13.7. The molecule has 0 bridgehead atoms. The van der Waals surface area contributed by atoms with Gasteiger partial charge >= 0.3 is 5.97 Å². The van der Waals surface area contributed by atoms with Gasteiger partial charge in [-0.2, -0.15) is 5.10 Å². The van der Waals surface area contributed by atoms with E-state index in [9.17, 15) is 14.9 Å². The van der Waals surface area contributed by atoms with Crippen LogP contribution in [0.5, 0.6) is 0 Å². The highest BCUT2D eigenvalue weighted by atomic mass is 16.6. The molecule has 1 saturated heterocycles. The molecule has 0 spiro atoms. The lowest BCUT2D eigenvalue weighted by Gasteiger charge is -2.28. The molecule has 30 heavy (non-hydrogen) atoms. The van der Waals surface area contributed by atoms with Crippen LogP contribution in [0.25, 0.3) is 5.69 Å². The van der Waals surface area contributed by atoms with Gasteiger partial charge in [-0.15, -0.1) is 0 Å². The van der Waals surface area contributed by atoms with Gasteiger partial charge in [0.2, 0.25) is 0 Å². The number of carbonyl (C=O) groups is 1. The van der Waals surface area contributed by atoms with Crippen LogP contribution < -0.4 is 4.90 Å². The van der Waals surface area contributed by atoms with Crippen LogP contribution >= 0.6 is 0 Å². The summed E-state index contributed by atoms with van der Waals surface area (Å²) in [5, 5.41) is 15.7. The van der Waals surface area contributed by atoms with Gasteiger partial charge < -0.3 is 14.4 Å². The molecular weight excluding hydrogens is 388 g/mol. The molecule has 4 rings (SSSR count). The number of nitro groups is 1. The third-order valence-electron chi connectivity index (χ3n) is 4.83. The van der Waals surface area contributed by atoms with Crippen molar-refractivity contribution in [3.05, 3.63) is 82.2 Å². The fraction of sp³-hybridized carbons (Fsp3) is 0.238. The molecule has 0 unspecified atom stereocenters. The van der Waals surface area contributed by atoms with Crippen molar-refractivity contribution in [2.45, 2.75) is 6.61 Å². The summed E-state index contributed by atoms with van der Waals surface area (Å²) in [6.45, 7) is 2.23. The predicted octanol–water partition coefficient (Wildman–Crippen LogP) is 2.97. The highest BCUT2D eigenvalue weighted by Crippen LogP contribution is 2.30. The summed E-state index contributed by atoms with van der Waals surface area (Å²) in [5.41, 5.74) is 2.21. The van der Waals surface area contributed by atoms with E-state index in [1.807, 2.05) is 41.4 Å². The van der Waals surface area contributed by atoms with E-state index in [1.54, 1.807) is 23.0 Å². The van der Waals surface area contributed by atoms with Crippen molar-refractivity contribution < 1.29 is 19.2 Å². The quantitative estimate of drug-likeness (QED) is 0.351. The molecule has 1 fully saturated rings. The van der Waals surface area contributed by atoms with E-state index in [0.29, 0.717) is 32.0 Å². The number of anilines is 1. The summed E-state index contributed by atoms with van der Waals surface area (Å²) in [6.07, 6.45) is 3.53. The van der Waals surface area contributed by atoms with Gasteiger partial charge in [-0.3, -0.25) is 10.1 Å². The maximum absolute atomic E-state index is 12.4. The molecule has 1 aliphatic rings. The van der Waals surface area contributed by atoms with E-state index >= 15 is 0 Å². The number of ether oxygens (including phenoxy) is 2. The highest BCUT2D eigenvalue weighted by molar-refractivity contribution is 5.91. The Bertz CT molecular complexity index is 1030. The Labute approximate surface area is 172 Å². The second kappa shape index (κ2) is 8.75. The molecule has 0 N–H and O–H groups in total. The number of esters is 1. The second-order valence-corrected chi connectivity index (χ2v) is 6.75. The predicted molar refractivity (Wildman–Crippen MR) is 109 cm³/mol. The van der Waals surface area contributed by atoms with Crippen LogP contribution in [0.15, 0.2) is 60.9 Å². The Kier molecular flexibility index (Phi) is 5.71. The zero-order chi connectivity index (χ0) is 20.9. The Morgan fingerprint density at radius 1 is 1.17 bits per heavy atom. The van der Waals surface area contributed by atoms with Crippen LogP contribution in [0.3, 0.4) is 0 Å². The first kappa shape index (κ1) is 19.6. The molecule has 3 aromatic rings. The van der Waals surface area contributed by atoms with Crippen LogP contribution in [0.2, 0.25) is 0 Å².